The van der Waals surface area contributed by atoms with Crippen LogP contribution in [0.1, 0.15) is 26.7 Å². The van der Waals surface area contributed by atoms with E-state index < -0.39 is 0 Å². The lowest BCUT2D eigenvalue weighted by Gasteiger charge is -2.20. The number of carbonyl (C=O) groups excluding carboxylic acids is 1. The second-order valence-corrected chi connectivity index (χ2v) is 5.44. The monoisotopic (exact) mass is 279 g/mol. The molecule has 2 aromatic heterocycles. The van der Waals surface area contributed by atoms with Gasteiger partial charge in [-0.3, -0.25) is 4.79 Å². The fraction of sp³-hybridized carbons (Fsp3) is 0.462. The summed E-state index contributed by atoms with van der Waals surface area (Å²) >= 11 is 1.56. The lowest BCUT2D eigenvalue weighted by molar-refractivity contribution is -0.135. The number of nitrogens with zero attached hydrogens (tertiary/aromatic N) is 3. The molecule has 0 bridgehead atoms. The Morgan fingerprint density at radius 2 is 2.32 bits per heavy atom. The lowest BCUT2D eigenvalue weighted by atomic mass is 10.2. The number of hydrogen-bond donors (Lipinski definition) is 0. The van der Waals surface area contributed by atoms with Gasteiger partial charge in [0.15, 0.2) is 0 Å². The van der Waals surface area contributed by atoms with Crippen LogP contribution in [-0.4, -0.2) is 27.5 Å². The molecule has 0 unspecified atom stereocenters. The van der Waals surface area contributed by atoms with Gasteiger partial charge in [0.1, 0.15) is 0 Å². The minimum Gasteiger partial charge on any atom is -0.337 e. The first-order chi connectivity index (χ1) is 9.11. The molecule has 0 aliphatic carbocycles. The fourth-order valence-corrected chi connectivity index (χ4v) is 2.35. The van der Waals surface area contributed by atoms with Gasteiger partial charge >= 0.3 is 0 Å². The molecule has 5 nitrogen and oxygen atoms in total. The van der Waals surface area contributed by atoms with Crippen molar-refractivity contribution in [3.63, 3.8) is 0 Å². The van der Waals surface area contributed by atoms with E-state index in [9.17, 15) is 4.79 Å². The summed E-state index contributed by atoms with van der Waals surface area (Å²) in [5.74, 6) is 1.12. The highest BCUT2D eigenvalue weighted by Crippen LogP contribution is 2.21. The summed E-state index contributed by atoms with van der Waals surface area (Å²) in [6.45, 7) is 6.71. The van der Waals surface area contributed by atoms with Crippen molar-refractivity contribution in [2.45, 2.75) is 27.3 Å². The Morgan fingerprint density at radius 3 is 2.89 bits per heavy atom. The molecule has 1 amide bonds. The van der Waals surface area contributed by atoms with Crippen LogP contribution < -0.4 is 0 Å². The Balaban J connectivity index is 2.09. The molecule has 0 aliphatic heterocycles. The Hall–Kier alpha value is -1.69. The second-order valence-electron chi connectivity index (χ2n) is 4.50. The molecule has 0 spiro atoms. The van der Waals surface area contributed by atoms with Gasteiger partial charge in [-0.15, -0.1) is 11.3 Å². The normalized spacial score (nSPS) is 10.9. The first-order valence-electron chi connectivity index (χ1n) is 6.27. The quantitative estimate of drug-likeness (QED) is 0.844. The molecule has 6 heteroatoms. The first-order valence-corrected chi connectivity index (χ1v) is 7.15. The molecule has 0 atom stereocenters. The average molecular weight is 279 g/mol. The Kier molecular flexibility index (Phi) is 4.31. The maximum Gasteiger partial charge on any atom is 0.246 e. The van der Waals surface area contributed by atoms with Gasteiger partial charge in [-0.25, -0.2) is 0 Å². The van der Waals surface area contributed by atoms with Gasteiger partial charge in [0.2, 0.25) is 17.6 Å². The Labute approximate surface area is 116 Å². The molecule has 0 saturated carbocycles. The average Bonchev–Trinajstić information content (AvgIpc) is 3.05. The number of thiophene rings is 1. The van der Waals surface area contributed by atoms with Crippen molar-refractivity contribution in [2.75, 3.05) is 6.54 Å². The molecule has 2 rings (SSSR count). The zero-order valence-corrected chi connectivity index (χ0v) is 12.1. The van der Waals surface area contributed by atoms with E-state index in [1.54, 1.807) is 16.2 Å². The molecule has 0 N–H and O–H groups in total. The van der Waals surface area contributed by atoms with Gasteiger partial charge in [-0.2, -0.15) is 4.98 Å². The van der Waals surface area contributed by atoms with Crippen LogP contribution in [0.4, 0.5) is 0 Å². The predicted octanol–water partition coefficient (Wildman–Crippen LogP) is 2.80. The summed E-state index contributed by atoms with van der Waals surface area (Å²) in [7, 11) is 0. The topological polar surface area (TPSA) is 59.2 Å². The third kappa shape index (κ3) is 3.20. The molecule has 19 heavy (non-hydrogen) atoms. The van der Waals surface area contributed by atoms with Crippen molar-refractivity contribution in [1.82, 2.24) is 15.0 Å². The third-order valence-electron chi connectivity index (χ3n) is 2.72. The second kappa shape index (κ2) is 5.97. The highest BCUT2D eigenvalue weighted by atomic mass is 32.1. The minimum absolute atomic E-state index is 0.0281. The summed E-state index contributed by atoms with van der Waals surface area (Å²) in [5.41, 5.74) is 0. The van der Waals surface area contributed by atoms with Gasteiger partial charge in [-0.1, -0.05) is 25.1 Å². The highest BCUT2D eigenvalue weighted by Gasteiger charge is 2.19. The molecule has 2 heterocycles. The predicted molar refractivity (Wildman–Crippen MR) is 73.5 cm³/mol. The number of aromatic nitrogens is 2. The van der Waals surface area contributed by atoms with Gasteiger partial charge < -0.3 is 9.42 Å². The van der Waals surface area contributed by atoms with Crippen LogP contribution in [0.5, 0.6) is 0 Å². The van der Waals surface area contributed by atoms with Crippen molar-refractivity contribution in [2.24, 2.45) is 5.92 Å². The van der Waals surface area contributed by atoms with Gasteiger partial charge in [0.05, 0.1) is 11.4 Å². The van der Waals surface area contributed by atoms with E-state index in [0.717, 1.165) is 4.88 Å². The summed E-state index contributed by atoms with van der Waals surface area (Å²) in [6.07, 6.45) is 0. The summed E-state index contributed by atoms with van der Waals surface area (Å²) < 4.78 is 5.20. The number of hydrogen-bond acceptors (Lipinski definition) is 5. The van der Waals surface area contributed by atoms with Crippen molar-refractivity contribution in [3.8, 4) is 10.7 Å². The molecule has 0 radical (unpaired) electrons. The summed E-state index contributed by atoms with van der Waals surface area (Å²) in [4.78, 5) is 19.0. The Bertz CT molecular complexity index is 534. The zero-order valence-electron chi connectivity index (χ0n) is 11.3. The SMILES string of the molecule is CCN(Cc1nc(-c2cccs2)no1)C(=O)C(C)C. The van der Waals surface area contributed by atoms with Crippen molar-refractivity contribution >= 4 is 17.2 Å². The smallest absolute Gasteiger partial charge is 0.246 e. The molecule has 0 saturated heterocycles. The van der Waals surface area contributed by atoms with Gasteiger partial charge in [-0.05, 0) is 18.4 Å². The standard InChI is InChI=1S/C13H17N3O2S/c1-4-16(13(17)9(2)3)8-11-14-12(15-18-11)10-6-5-7-19-10/h5-7,9H,4,8H2,1-3H3. The number of rotatable bonds is 5. The molecular weight excluding hydrogens is 262 g/mol. The highest BCUT2D eigenvalue weighted by molar-refractivity contribution is 7.13. The summed E-state index contributed by atoms with van der Waals surface area (Å²) in [5, 5.41) is 5.90. The van der Waals surface area contributed by atoms with E-state index in [4.69, 9.17) is 4.52 Å². The van der Waals surface area contributed by atoms with E-state index >= 15 is 0 Å². The number of carbonyl (C=O) groups is 1. The lowest BCUT2D eigenvalue weighted by Crippen LogP contribution is -2.33. The zero-order chi connectivity index (χ0) is 13.8. The van der Waals surface area contributed by atoms with Crippen LogP contribution in [0.3, 0.4) is 0 Å². The third-order valence-corrected chi connectivity index (χ3v) is 3.59. The van der Waals surface area contributed by atoms with Crippen LogP contribution in [0.25, 0.3) is 10.7 Å². The van der Waals surface area contributed by atoms with E-state index in [-0.39, 0.29) is 11.8 Å². The fourth-order valence-electron chi connectivity index (χ4n) is 1.70. The molecule has 0 aliphatic rings. The van der Waals surface area contributed by atoms with Crippen LogP contribution in [-0.2, 0) is 11.3 Å². The van der Waals surface area contributed by atoms with E-state index in [1.807, 2.05) is 38.3 Å². The van der Waals surface area contributed by atoms with Crippen LogP contribution >= 0.6 is 11.3 Å². The number of amides is 1. The van der Waals surface area contributed by atoms with E-state index in [0.29, 0.717) is 24.8 Å². The molecule has 0 aromatic carbocycles. The maximum absolute atomic E-state index is 12.0. The molecule has 102 valence electrons. The maximum atomic E-state index is 12.0. The Morgan fingerprint density at radius 1 is 1.53 bits per heavy atom. The summed E-state index contributed by atoms with van der Waals surface area (Å²) in [6, 6.07) is 3.88. The van der Waals surface area contributed by atoms with E-state index in [2.05, 4.69) is 10.1 Å². The van der Waals surface area contributed by atoms with E-state index in [1.165, 1.54) is 0 Å². The van der Waals surface area contributed by atoms with Crippen molar-refractivity contribution in [3.05, 3.63) is 23.4 Å². The van der Waals surface area contributed by atoms with Crippen LogP contribution in [0.15, 0.2) is 22.0 Å². The van der Waals surface area contributed by atoms with Gasteiger partial charge in [0.25, 0.3) is 0 Å². The first kappa shape index (κ1) is 13.7. The largest absolute Gasteiger partial charge is 0.337 e. The van der Waals surface area contributed by atoms with Crippen LogP contribution in [0, 0.1) is 5.92 Å². The van der Waals surface area contributed by atoms with Gasteiger partial charge in [0, 0.05) is 12.5 Å². The molecule has 2 aromatic rings. The molecule has 0 fully saturated rings. The van der Waals surface area contributed by atoms with Crippen molar-refractivity contribution in [1.29, 1.82) is 0 Å². The van der Waals surface area contributed by atoms with Crippen LogP contribution in [0.2, 0.25) is 0 Å². The molecular formula is C13H17N3O2S. The van der Waals surface area contributed by atoms with Crippen molar-refractivity contribution < 1.29 is 9.32 Å². The minimum atomic E-state index is -0.0281.